The second kappa shape index (κ2) is 7.40. The molecule has 3 rings (SSSR count). The molecule has 1 fully saturated rings. The molecule has 2 aromatic rings. The maximum absolute atomic E-state index is 5.42. The average molecular weight is 311 g/mol. The molecule has 0 amide bonds. The molecule has 0 saturated carbocycles. The highest BCUT2D eigenvalue weighted by Crippen LogP contribution is 2.33. The molecule has 1 saturated heterocycles. The van der Waals surface area contributed by atoms with Crippen LogP contribution in [0, 0.1) is 5.92 Å². The number of ether oxygens (including phenoxy) is 2. The van der Waals surface area contributed by atoms with Crippen LogP contribution in [-0.4, -0.2) is 27.3 Å². The van der Waals surface area contributed by atoms with Crippen molar-refractivity contribution in [3.05, 3.63) is 54.1 Å². The van der Waals surface area contributed by atoms with Crippen molar-refractivity contribution >= 4 is 5.69 Å². The van der Waals surface area contributed by atoms with E-state index < -0.39 is 0 Å². The van der Waals surface area contributed by atoms with Crippen molar-refractivity contribution in [3.8, 4) is 11.5 Å². The summed E-state index contributed by atoms with van der Waals surface area (Å²) in [6.45, 7) is 2.21. The smallest absolute Gasteiger partial charge is 0.162 e. The second-order valence-corrected chi connectivity index (χ2v) is 6.16. The van der Waals surface area contributed by atoms with E-state index in [0.717, 1.165) is 30.5 Å². The van der Waals surface area contributed by atoms with E-state index in [9.17, 15) is 0 Å². The van der Waals surface area contributed by atoms with Gasteiger partial charge in [-0.15, -0.1) is 0 Å². The van der Waals surface area contributed by atoms with E-state index in [1.165, 1.54) is 30.5 Å². The molecule has 0 radical (unpaired) electrons. The number of rotatable bonds is 5. The van der Waals surface area contributed by atoms with Crippen molar-refractivity contribution in [1.82, 2.24) is 0 Å². The van der Waals surface area contributed by atoms with E-state index in [0.29, 0.717) is 0 Å². The van der Waals surface area contributed by atoms with Gasteiger partial charge in [0.05, 0.1) is 14.2 Å². The summed E-state index contributed by atoms with van der Waals surface area (Å²) in [5.74, 6) is 2.38. The third-order valence-corrected chi connectivity index (χ3v) is 4.71. The van der Waals surface area contributed by atoms with Crippen molar-refractivity contribution in [2.24, 2.45) is 5.92 Å². The van der Waals surface area contributed by atoms with Crippen molar-refractivity contribution in [2.75, 3.05) is 32.2 Å². The topological polar surface area (TPSA) is 21.7 Å². The molecule has 1 heterocycles. The van der Waals surface area contributed by atoms with E-state index in [2.05, 4.69) is 47.4 Å². The predicted octanol–water partition coefficient (Wildman–Crippen LogP) is 4.16. The zero-order chi connectivity index (χ0) is 16.1. The van der Waals surface area contributed by atoms with Crippen molar-refractivity contribution in [3.63, 3.8) is 0 Å². The molecule has 1 aliphatic heterocycles. The third kappa shape index (κ3) is 3.79. The normalized spacial score (nSPS) is 15.5. The summed E-state index contributed by atoms with van der Waals surface area (Å²) in [5, 5.41) is 0. The lowest BCUT2D eigenvalue weighted by Crippen LogP contribution is -2.34. The Morgan fingerprint density at radius 2 is 1.61 bits per heavy atom. The number of anilines is 1. The van der Waals surface area contributed by atoms with E-state index in [-0.39, 0.29) is 0 Å². The summed E-state index contributed by atoms with van der Waals surface area (Å²) < 4.78 is 10.7. The van der Waals surface area contributed by atoms with Crippen LogP contribution >= 0.6 is 0 Å². The quantitative estimate of drug-likeness (QED) is 0.827. The Balaban J connectivity index is 1.60. The Labute approximate surface area is 138 Å². The zero-order valence-corrected chi connectivity index (χ0v) is 14.0. The third-order valence-electron chi connectivity index (χ3n) is 4.71. The fraction of sp³-hybridized carbons (Fsp3) is 0.400. The van der Waals surface area contributed by atoms with Gasteiger partial charge in [0, 0.05) is 24.8 Å². The molecule has 0 aliphatic carbocycles. The molecule has 3 nitrogen and oxygen atoms in total. The van der Waals surface area contributed by atoms with Gasteiger partial charge in [-0.2, -0.15) is 0 Å². The van der Waals surface area contributed by atoms with Gasteiger partial charge >= 0.3 is 0 Å². The zero-order valence-electron chi connectivity index (χ0n) is 14.0. The lowest BCUT2D eigenvalue weighted by molar-refractivity contribution is 0.354. The van der Waals surface area contributed by atoms with Crippen molar-refractivity contribution in [1.29, 1.82) is 0 Å². The number of nitrogens with zero attached hydrogens (tertiary/aromatic N) is 1. The Morgan fingerprint density at radius 3 is 2.26 bits per heavy atom. The van der Waals surface area contributed by atoms with Gasteiger partial charge in [0.1, 0.15) is 0 Å². The second-order valence-electron chi connectivity index (χ2n) is 6.16. The fourth-order valence-corrected chi connectivity index (χ4v) is 3.36. The van der Waals surface area contributed by atoms with Gasteiger partial charge in [0.25, 0.3) is 0 Å². The van der Waals surface area contributed by atoms with Crippen LogP contribution in [-0.2, 0) is 6.42 Å². The van der Waals surface area contributed by atoms with Crippen LogP contribution in [0.15, 0.2) is 48.5 Å². The van der Waals surface area contributed by atoms with Crippen LogP contribution in [0.3, 0.4) is 0 Å². The standard InChI is InChI=1S/C20H25NO2/c1-22-19-9-8-18(15-20(19)23-2)21-12-10-17(11-13-21)14-16-6-4-3-5-7-16/h3-9,15,17H,10-14H2,1-2H3. The van der Waals surface area contributed by atoms with Gasteiger partial charge in [0.2, 0.25) is 0 Å². The van der Waals surface area contributed by atoms with E-state index in [1.807, 2.05) is 6.07 Å². The molecule has 0 unspecified atom stereocenters. The number of hydrogen-bond acceptors (Lipinski definition) is 3. The molecule has 23 heavy (non-hydrogen) atoms. The number of piperidine rings is 1. The van der Waals surface area contributed by atoms with Gasteiger partial charge in [-0.25, -0.2) is 0 Å². The number of hydrogen-bond donors (Lipinski definition) is 0. The molecule has 3 heteroatoms. The fourth-order valence-electron chi connectivity index (χ4n) is 3.36. The molecule has 1 aliphatic rings. The van der Waals surface area contributed by atoms with E-state index in [4.69, 9.17) is 9.47 Å². The minimum atomic E-state index is 0.786. The molecule has 0 bridgehead atoms. The summed E-state index contributed by atoms with van der Waals surface area (Å²) in [6.07, 6.45) is 3.67. The molecular formula is C20H25NO2. The van der Waals surface area contributed by atoms with Gasteiger partial charge < -0.3 is 14.4 Å². The average Bonchev–Trinajstić information content (AvgIpc) is 2.62. The Morgan fingerprint density at radius 1 is 0.913 bits per heavy atom. The predicted molar refractivity (Wildman–Crippen MR) is 94.6 cm³/mol. The number of benzene rings is 2. The van der Waals surface area contributed by atoms with Gasteiger partial charge in [-0.3, -0.25) is 0 Å². The molecule has 2 aromatic carbocycles. The van der Waals surface area contributed by atoms with Gasteiger partial charge in [-0.05, 0) is 42.9 Å². The summed E-state index contributed by atoms with van der Waals surface area (Å²) in [6, 6.07) is 17.0. The highest BCUT2D eigenvalue weighted by molar-refractivity contribution is 5.56. The van der Waals surface area contributed by atoms with Crippen LogP contribution in [0.5, 0.6) is 11.5 Å². The van der Waals surface area contributed by atoms with E-state index in [1.54, 1.807) is 14.2 Å². The Kier molecular flexibility index (Phi) is 5.06. The monoisotopic (exact) mass is 311 g/mol. The summed E-state index contributed by atoms with van der Waals surface area (Å²) in [5.41, 5.74) is 2.68. The first-order valence-electron chi connectivity index (χ1n) is 8.31. The summed E-state index contributed by atoms with van der Waals surface area (Å²) in [7, 11) is 3.36. The van der Waals surface area contributed by atoms with Crippen LogP contribution < -0.4 is 14.4 Å². The van der Waals surface area contributed by atoms with Gasteiger partial charge in [0.15, 0.2) is 11.5 Å². The molecule has 122 valence electrons. The Hall–Kier alpha value is -2.16. The molecule has 0 N–H and O–H groups in total. The lowest BCUT2D eigenvalue weighted by atomic mass is 9.90. The Bertz CT molecular complexity index is 619. The SMILES string of the molecule is COc1ccc(N2CCC(Cc3ccccc3)CC2)cc1OC. The van der Waals surface area contributed by atoms with Crippen LogP contribution in [0.25, 0.3) is 0 Å². The van der Waals surface area contributed by atoms with E-state index >= 15 is 0 Å². The highest BCUT2D eigenvalue weighted by atomic mass is 16.5. The van der Waals surface area contributed by atoms with Gasteiger partial charge in [-0.1, -0.05) is 30.3 Å². The summed E-state index contributed by atoms with van der Waals surface area (Å²) >= 11 is 0. The maximum Gasteiger partial charge on any atom is 0.162 e. The number of methoxy groups -OCH3 is 2. The molecule has 0 spiro atoms. The first-order valence-corrected chi connectivity index (χ1v) is 8.31. The first kappa shape index (κ1) is 15.7. The largest absolute Gasteiger partial charge is 0.493 e. The first-order chi connectivity index (χ1) is 11.3. The molecular weight excluding hydrogens is 286 g/mol. The van der Waals surface area contributed by atoms with Crippen molar-refractivity contribution in [2.45, 2.75) is 19.3 Å². The van der Waals surface area contributed by atoms with Crippen LogP contribution in [0.4, 0.5) is 5.69 Å². The molecule has 0 atom stereocenters. The minimum Gasteiger partial charge on any atom is -0.493 e. The summed E-state index contributed by atoms with van der Waals surface area (Å²) in [4.78, 5) is 2.45. The molecule has 0 aromatic heterocycles. The maximum atomic E-state index is 5.42. The lowest BCUT2D eigenvalue weighted by Gasteiger charge is -2.34. The van der Waals surface area contributed by atoms with Crippen LogP contribution in [0.1, 0.15) is 18.4 Å². The highest BCUT2D eigenvalue weighted by Gasteiger charge is 2.20. The van der Waals surface area contributed by atoms with Crippen LogP contribution in [0.2, 0.25) is 0 Å². The van der Waals surface area contributed by atoms with Crippen molar-refractivity contribution < 1.29 is 9.47 Å². The minimum absolute atomic E-state index is 0.786.